The van der Waals surface area contributed by atoms with Crippen molar-refractivity contribution in [1.29, 1.82) is 0 Å². The van der Waals surface area contributed by atoms with Crippen LogP contribution in [0.15, 0.2) is 29.7 Å². The monoisotopic (exact) mass is 107 g/mol. The standard InChI is InChI=1S/C6H7N2/c1-6-5-7-3-4-8(6)2/h3-5H,1-2H2/q-1. The van der Waals surface area contributed by atoms with Gasteiger partial charge in [0.2, 0.25) is 0 Å². The fourth-order valence-corrected chi connectivity index (χ4v) is 0.418. The van der Waals surface area contributed by atoms with Gasteiger partial charge in [0.25, 0.3) is 0 Å². The first-order valence-corrected chi connectivity index (χ1v) is 2.29. The zero-order valence-electron chi connectivity index (χ0n) is 4.54. The van der Waals surface area contributed by atoms with E-state index in [-0.39, 0.29) is 0 Å². The fraction of sp³-hybridized carbons (Fsp3) is 0. The molecule has 0 aromatic heterocycles. The third-order valence-electron chi connectivity index (χ3n) is 0.925. The van der Waals surface area contributed by atoms with Crippen molar-refractivity contribution >= 4 is 6.21 Å². The zero-order valence-corrected chi connectivity index (χ0v) is 4.54. The second kappa shape index (κ2) is 1.82. The molecule has 0 N–H and O–H groups in total. The molecule has 1 heterocycles. The minimum Gasteiger partial charge on any atom is -0.501 e. The Balaban J connectivity index is 2.74. The van der Waals surface area contributed by atoms with E-state index in [2.05, 4.69) is 18.6 Å². The number of hydrogen-bond acceptors (Lipinski definition) is 2. The number of nitrogens with zero attached hydrogens (tertiary/aromatic N) is 2. The van der Waals surface area contributed by atoms with Crippen LogP contribution in [0.3, 0.4) is 0 Å². The highest BCUT2D eigenvalue weighted by atomic mass is 15.1. The maximum atomic E-state index is 3.82. The van der Waals surface area contributed by atoms with Crippen LogP contribution in [0.2, 0.25) is 0 Å². The second-order valence-corrected chi connectivity index (χ2v) is 1.54. The smallest absolute Gasteiger partial charge is 0.0474 e. The van der Waals surface area contributed by atoms with E-state index in [0.29, 0.717) is 0 Å². The van der Waals surface area contributed by atoms with E-state index < -0.39 is 0 Å². The normalized spacial score (nSPS) is 17.6. The minimum atomic E-state index is 0.813. The van der Waals surface area contributed by atoms with Crippen LogP contribution in [-0.4, -0.2) is 11.1 Å². The molecule has 0 atom stereocenters. The topological polar surface area (TPSA) is 15.6 Å². The molecule has 2 nitrogen and oxygen atoms in total. The van der Waals surface area contributed by atoms with Crippen molar-refractivity contribution in [2.24, 2.45) is 4.99 Å². The van der Waals surface area contributed by atoms with Gasteiger partial charge in [0.05, 0.1) is 0 Å². The van der Waals surface area contributed by atoms with Crippen molar-refractivity contribution in [3.63, 3.8) is 0 Å². The van der Waals surface area contributed by atoms with Crippen molar-refractivity contribution in [2.45, 2.75) is 0 Å². The summed E-state index contributed by atoms with van der Waals surface area (Å²) >= 11 is 0. The summed E-state index contributed by atoms with van der Waals surface area (Å²) in [5, 5.41) is 0. The van der Waals surface area contributed by atoms with Gasteiger partial charge in [-0.1, -0.05) is 6.58 Å². The van der Waals surface area contributed by atoms with Gasteiger partial charge < -0.3 is 4.90 Å². The molecule has 1 rings (SSSR count). The van der Waals surface area contributed by atoms with Gasteiger partial charge in [-0.05, 0) is 6.20 Å². The number of allylic oxidation sites excluding steroid dienone is 1. The summed E-state index contributed by atoms with van der Waals surface area (Å²) in [5.74, 6) is 0. The maximum absolute atomic E-state index is 3.82. The Labute approximate surface area is 48.8 Å². The first kappa shape index (κ1) is 5.09. The molecular formula is C6H7N2-. The third-order valence-corrected chi connectivity index (χ3v) is 0.925. The zero-order chi connectivity index (χ0) is 5.98. The van der Waals surface area contributed by atoms with Crippen molar-refractivity contribution in [3.8, 4) is 0 Å². The molecule has 0 spiro atoms. The van der Waals surface area contributed by atoms with Crippen LogP contribution in [0, 0.1) is 7.05 Å². The molecule has 0 aliphatic carbocycles. The molecule has 1 aliphatic rings. The number of rotatable bonds is 0. The summed E-state index contributed by atoms with van der Waals surface area (Å²) < 4.78 is 0. The largest absolute Gasteiger partial charge is 0.501 e. The highest BCUT2D eigenvalue weighted by Crippen LogP contribution is 2.01. The van der Waals surface area contributed by atoms with Gasteiger partial charge in [-0.3, -0.25) is 12.0 Å². The van der Waals surface area contributed by atoms with Crippen LogP contribution >= 0.6 is 0 Å². The average Bonchev–Trinajstić information content (AvgIpc) is 1.77. The third kappa shape index (κ3) is 0.780. The Hall–Kier alpha value is -1.05. The van der Waals surface area contributed by atoms with Crippen molar-refractivity contribution in [2.75, 3.05) is 0 Å². The van der Waals surface area contributed by atoms with E-state index in [0.717, 1.165) is 5.70 Å². The van der Waals surface area contributed by atoms with E-state index in [4.69, 9.17) is 0 Å². The Morgan fingerprint density at radius 2 is 2.50 bits per heavy atom. The van der Waals surface area contributed by atoms with E-state index in [1.165, 1.54) is 0 Å². The van der Waals surface area contributed by atoms with Crippen LogP contribution in [0.5, 0.6) is 0 Å². The van der Waals surface area contributed by atoms with Crippen molar-refractivity contribution in [3.05, 3.63) is 31.7 Å². The van der Waals surface area contributed by atoms with Crippen LogP contribution in [0.25, 0.3) is 0 Å². The lowest BCUT2D eigenvalue weighted by molar-refractivity contribution is 0.654. The number of hydrogen-bond donors (Lipinski definition) is 0. The van der Waals surface area contributed by atoms with Gasteiger partial charge in [0, 0.05) is 18.1 Å². The lowest BCUT2D eigenvalue weighted by Gasteiger charge is -2.23. The highest BCUT2D eigenvalue weighted by Gasteiger charge is 1.88. The van der Waals surface area contributed by atoms with Gasteiger partial charge in [0.15, 0.2) is 0 Å². The Morgan fingerprint density at radius 3 is 2.88 bits per heavy atom. The quantitative estimate of drug-likeness (QED) is 0.424. The molecule has 8 heavy (non-hydrogen) atoms. The lowest BCUT2D eigenvalue weighted by Crippen LogP contribution is -2.09. The molecule has 0 saturated carbocycles. The van der Waals surface area contributed by atoms with Gasteiger partial charge in [0.1, 0.15) is 0 Å². The van der Waals surface area contributed by atoms with Gasteiger partial charge in [-0.2, -0.15) is 0 Å². The average molecular weight is 107 g/mol. The van der Waals surface area contributed by atoms with E-state index in [1.807, 2.05) is 0 Å². The van der Waals surface area contributed by atoms with Crippen molar-refractivity contribution in [1.82, 2.24) is 4.90 Å². The van der Waals surface area contributed by atoms with Crippen LogP contribution in [0.4, 0.5) is 0 Å². The molecule has 2 heteroatoms. The predicted octanol–water partition coefficient (Wildman–Crippen LogP) is 1.15. The van der Waals surface area contributed by atoms with Crippen LogP contribution in [-0.2, 0) is 0 Å². The molecule has 42 valence electrons. The van der Waals surface area contributed by atoms with Gasteiger partial charge >= 0.3 is 0 Å². The summed E-state index contributed by atoms with van der Waals surface area (Å²) in [6.45, 7) is 3.66. The Bertz CT molecular complexity index is 156. The molecule has 0 fully saturated rings. The van der Waals surface area contributed by atoms with Crippen LogP contribution < -0.4 is 0 Å². The highest BCUT2D eigenvalue weighted by molar-refractivity contribution is 5.78. The van der Waals surface area contributed by atoms with Crippen LogP contribution in [0.1, 0.15) is 0 Å². The molecule has 0 aromatic rings. The Kier molecular flexibility index (Phi) is 1.16. The summed E-state index contributed by atoms with van der Waals surface area (Å²) in [5.41, 5.74) is 0.813. The summed E-state index contributed by atoms with van der Waals surface area (Å²) in [6, 6.07) is 0. The molecule has 0 radical (unpaired) electrons. The lowest BCUT2D eigenvalue weighted by atomic mass is 10.4. The molecular weight excluding hydrogens is 100 g/mol. The molecule has 1 aliphatic heterocycles. The van der Waals surface area contributed by atoms with E-state index in [1.54, 1.807) is 23.5 Å². The number of aliphatic imine (C=N–C) groups is 1. The molecule has 0 aromatic carbocycles. The molecule has 0 amide bonds. The maximum Gasteiger partial charge on any atom is 0.0474 e. The van der Waals surface area contributed by atoms with Crippen molar-refractivity contribution < 1.29 is 0 Å². The summed E-state index contributed by atoms with van der Waals surface area (Å²) in [4.78, 5) is 5.48. The second-order valence-electron chi connectivity index (χ2n) is 1.54. The van der Waals surface area contributed by atoms with Gasteiger partial charge in [-0.15, -0.1) is 0 Å². The Morgan fingerprint density at radius 1 is 1.75 bits per heavy atom. The van der Waals surface area contributed by atoms with E-state index >= 15 is 0 Å². The predicted molar refractivity (Wildman–Crippen MR) is 34.0 cm³/mol. The van der Waals surface area contributed by atoms with Gasteiger partial charge in [-0.25, -0.2) is 0 Å². The molecule has 0 saturated heterocycles. The minimum absolute atomic E-state index is 0.813. The first-order chi connectivity index (χ1) is 3.80. The SMILES string of the molecule is C=C1C=NC=CN1[CH2-]. The fourth-order valence-electron chi connectivity index (χ4n) is 0.418. The summed E-state index contributed by atoms with van der Waals surface area (Å²) in [6.07, 6.45) is 5.08. The molecule has 0 bridgehead atoms. The van der Waals surface area contributed by atoms with E-state index in [9.17, 15) is 0 Å². The molecule has 0 unspecified atom stereocenters. The summed E-state index contributed by atoms with van der Waals surface area (Å²) in [7, 11) is 3.63. The first-order valence-electron chi connectivity index (χ1n) is 2.29.